The fourth-order valence-corrected chi connectivity index (χ4v) is 1.83. The molecule has 0 amide bonds. The van der Waals surface area contributed by atoms with Crippen LogP contribution in [0.3, 0.4) is 0 Å². The molecule has 1 unspecified atom stereocenters. The number of allylic oxidation sites excluding steroid dienone is 1. The molecule has 1 atom stereocenters. The summed E-state index contributed by atoms with van der Waals surface area (Å²) in [4.78, 5) is 0. The highest BCUT2D eigenvalue weighted by Crippen LogP contribution is 2.21. The first-order valence-corrected chi connectivity index (χ1v) is 7.07. The number of nitrogens with two attached hydrogens (primary N) is 1. The maximum absolute atomic E-state index is 9.47. The number of nitrogens with zero attached hydrogens (tertiary/aromatic N) is 1. The molecule has 1 aromatic carbocycles. The summed E-state index contributed by atoms with van der Waals surface area (Å²) in [6, 6.07) is 9.40. The molecule has 0 aliphatic rings. The number of rotatable bonds is 8. The number of hydrogen-bond donors (Lipinski definition) is 2. The Morgan fingerprint density at radius 2 is 2.18 bits per heavy atom. The van der Waals surface area contributed by atoms with Crippen LogP contribution >= 0.6 is 0 Å². The van der Waals surface area contributed by atoms with Gasteiger partial charge in [-0.05, 0) is 18.2 Å². The molecule has 0 aliphatic heterocycles. The second-order valence-corrected chi connectivity index (χ2v) is 4.79. The lowest BCUT2D eigenvalue weighted by atomic mass is 10.1. The van der Waals surface area contributed by atoms with Gasteiger partial charge in [0.05, 0.1) is 5.69 Å². The molecule has 0 radical (unpaired) electrons. The van der Waals surface area contributed by atoms with Gasteiger partial charge in [0.25, 0.3) is 0 Å². The Kier molecular flexibility index (Phi) is 5.94. The molecule has 2 rings (SSSR count). The third kappa shape index (κ3) is 4.58. The van der Waals surface area contributed by atoms with Crippen molar-refractivity contribution < 1.29 is 14.4 Å². The number of aliphatic hydroxyl groups excluding tert-OH is 1. The van der Waals surface area contributed by atoms with Crippen LogP contribution in [0.4, 0.5) is 0 Å². The minimum absolute atomic E-state index is 0.160. The van der Waals surface area contributed by atoms with Crippen LogP contribution < -0.4 is 10.5 Å². The smallest absolute Gasteiger partial charge is 0.159 e. The summed E-state index contributed by atoms with van der Waals surface area (Å²) in [7, 11) is 0. The monoisotopic (exact) mass is 300 g/mol. The summed E-state index contributed by atoms with van der Waals surface area (Å²) in [6.45, 7) is 4.00. The van der Waals surface area contributed by atoms with E-state index in [2.05, 4.69) is 11.7 Å². The van der Waals surface area contributed by atoms with Gasteiger partial charge in [-0.15, -0.1) is 6.58 Å². The van der Waals surface area contributed by atoms with Gasteiger partial charge in [0.2, 0.25) is 0 Å². The zero-order valence-corrected chi connectivity index (χ0v) is 12.3. The van der Waals surface area contributed by atoms with Crippen LogP contribution in [0.1, 0.15) is 17.0 Å². The molecule has 116 valence electrons. The van der Waals surface area contributed by atoms with Gasteiger partial charge < -0.3 is 20.1 Å². The van der Waals surface area contributed by atoms with E-state index in [1.165, 1.54) is 0 Å². The SMILES string of the molecule is C=CCc1cc(/C=C/c2ccccc2OCC(O)CN)on1. The molecule has 1 heterocycles. The Balaban J connectivity index is 2.07. The van der Waals surface area contributed by atoms with E-state index >= 15 is 0 Å². The largest absolute Gasteiger partial charge is 0.490 e. The van der Waals surface area contributed by atoms with E-state index < -0.39 is 6.10 Å². The summed E-state index contributed by atoms with van der Waals surface area (Å²) >= 11 is 0. The predicted octanol–water partition coefficient (Wildman–Crippen LogP) is 2.27. The summed E-state index contributed by atoms with van der Waals surface area (Å²) < 4.78 is 10.8. The molecule has 2 aromatic rings. The van der Waals surface area contributed by atoms with E-state index in [-0.39, 0.29) is 13.2 Å². The van der Waals surface area contributed by atoms with Crippen molar-refractivity contribution in [3.8, 4) is 5.75 Å². The molecular weight excluding hydrogens is 280 g/mol. The second kappa shape index (κ2) is 8.17. The summed E-state index contributed by atoms with van der Waals surface area (Å²) in [5, 5.41) is 13.4. The van der Waals surface area contributed by atoms with E-state index in [1.807, 2.05) is 42.5 Å². The van der Waals surface area contributed by atoms with Crippen LogP contribution in [0, 0.1) is 0 Å². The molecular formula is C17H20N2O3. The Morgan fingerprint density at radius 3 is 2.95 bits per heavy atom. The summed E-state index contributed by atoms with van der Waals surface area (Å²) in [6.07, 6.45) is 5.47. The normalized spacial score (nSPS) is 12.5. The van der Waals surface area contributed by atoms with Gasteiger partial charge >= 0.3 is 0 Å². The molecule has 0 saturated carbocycles. The predicted molar refractivity (Wildman–Crippen MR) is 86.3 cm³/mol. The van der Waals surface area contributed by atoms with Crippen LogP contribution in [0.15, 0.2) is 47.5 Å². The lowest BCUT2D eigenvalue weighted by molar-refractivity contribution is 0.114. The first kappa shape index (κ1) is 16.0. The van der Waals surface area contributed by atoms with E-state index in [0.29, 0.717) is 17.9 Å². The number of ether oxygens (including phenoxy) is 1. The quantitative estimate of drug-likeness (QED) is 0.731. The van der Waals surface area contributed by atoms with Crippen molar-refractivity contribution in [2.24, 2.45) is 5.73 Å². The molecule has 3 N–H and O–H groups in total. The van der Waals surface area contributed by atoms with Gasteiger partial charge in [0, 0.05) is 24.6 Å². The third-order valence-corrected chi connectivity index (χ3v) is 2.98. The molecule has 0 bridgehead atoms. The van der Waals surface area contributed by atoms with E-state index in [9.17, 15) is 5.11 Å². The minimum Gasteiger partial charge on any atom is -0.490 e. The van der Waals surface area contributed by atoms with E-state index in [0.717, 1.165) is 11.3 Å². The number of aliphatic hydroxyl groups is 1. The molecule has 5 nitrogen and oxygen atoms in total. The van der Waals surface area contributed by atoms with Crippen LogP contribution in [0.5, 0.6) is 5.75 Å². The molecule has 0 spiro atoms. The van der Waals surface area contributed by atoms with Gasteiger partial charge in [-0.1, -0.05) is 29.4 Å². The molecule has 22 heavy (non-hydrogen) atoms. The summed E-state index contributed by atoms with van der Waals surface area (Å²) in [5.74, 6) is 1.34. The van der Waals surface area contributed by atoms with E-state index in [4.69, 9.17) is 15.0 Å². The molecule has 5 heteroatoms. The Labute approximate surface area is 129 Å². The Bertz CT molecular complexity index is 634. The van der Waals surface area contributed by atoms with Crippen molar-refractivity contribution in [2.75, 3.05) is 13.2 Å². The van der Waals surface area contributed by atoms with Gasteiger partial charge in [-0.2, -0.15) is 0 Å². The molecule has 0 fully saturated rings. The molecule has 0 aliphatic carbocycles. The van der Waals surface area contributed by atoms with Gasteiger partial charge in [0.1, 0.15) is 18.5 Å². The number of hydrogen-bond acceptors (Lipinski definition) is 5. The van der Waals surface area contributed by atoms with Crippen molar-refractivity contribution >= 4 is 12.2 Å². The fraction of sp³-hybridized carbons (Fsp3) is 0.235. The third-order valence-electron chi connectivity index (χ3n) is 2.98. The number of para-hydroxylation sites is 1. The van der Waals surface area contributed by atoms with Crippen molar-refractivity contribution in [1.29, 1.82) is 0 Å². The van der Waals surface area contributed by atoms with Gasteiger partial charge in [0.15, 0.2) is 5.76 Å². The highest BCUT2D eigenvalue weighted by molar-refractivity contribution is 5.70. The highest BCUT2D eigenvalue weighted by Gasteiger charge is 2.05. The zero-order valence-electron chi connectivity index (χ0n) is 12.3. The molecule has 1 aromatic heterocycles. The first-order valence-electron chi connectivity index (χ1n) is 7.07. The zero-order chi connectivity index (χ0) is 15.8. The van der Waals surface area contributed by atoms with Crippen molar-refractivity contribution in [2.45, 2.75) is 12.5 Å². The second-order valence-electron chi connectivity index (χ2n) is 4.79. The van der Waals surface area contributed by atoms with Crippen molar-refractivity contribution in [1.82, 2.24) is 5.16 Å². The minimum atomic E-state index is -0.673. The Hall–Kier alpha value is -2.37. The van der Waals surface area contributed by atoms with Crippen LogP contribution in [0.25, 0.3) is 12.2 Å². The van der Waals surface area contributed by atoms with E-state index in [1.54, 1.807) is 6.08 Å². The van der Waals surface area contributed by atoms with Crippen LogP contribution in [-0.2, 0) is 6.42 Å². The van der Waals surface area contributed by atoms with Crippen molar-refractivity contribution in [3.05, 3.63) is 60.0 Å². The van der Waals surface area contributed by atoms with Gasteiger partial charge in [-0.3, -0.25) is 0 Å². The topological polar surface area (TPSA) is 81.5 Å². The lowest BCUT2D eigenvalue weighted by Crippen LogP contribution is -2.26. The van der Waals surface area contributed by atoms with Crippen LogP contribution in [-0.4, -0.2) is 29.5 Å². The lowest BCUT2D eigenvalue weighted by Gasteiger charge is -2.12. The first-order chi connectivity index (χ1) is 10.7. The molecule has 0 saturated heterocycles. The standard InChI is InChI=1S/C17H20N2O3/c1-2-5-14-10-16(22-19-14)9-8-13-6-3-4-7-17(13)21-12-15(20)11-18/h2-4,6-10,15,20H,1,5,11-12,18H2/b9-8+. The van der Waals surface area contributed by atoms with Gasteiger partial charge in [-0.25, -0.2) is 0 Å². The highest BCUT2D eigenvalue weighted by atomic mass is 16.5. The summed E-state index contributed by atoms with van der Waals surface area (Å²) in [5.41, 5.74) is 7.09. The fourth-order valence-electron chi connectivity index (χ4n) is 1.83. The average Bonchev–Trinajstić information content (AvgIpc) is 2.99. The number of benzene rings is 1. The average molecular weight is 300 g/mol. The number of aromatic nitrogens is 1. The maximum atomic E-state index is 9.47. The maximum Gasteiger partial charge on any atom is 0.159 e. The van der Waals surface area contributed by atoms with Crippen molar-refractivity contribution in [3.63, 3.8) is 0 Å². The van der Waals surface area contributed by atoms with Crippen LogP contribution in [0.2, 0.25) is 0 Å². The Morgan fingerprint density at radius 1 is 1.36 bits per heavy atom.